The van der Waals surface area contributed by atoms with Gasteiger partial charge in [0.15, 0.2) is 5.13 Å². The summed E-state index contributed by atoms with van der Waals surface area (Å²) in [6.07, 6.45) is 6.17. The molecule has 6 nitrogen and oxygen atoms in total. The van der Waals surface area contributed by atoms with Gasteiger partial charge in [-0.1, -0.05) is 30.2 Å². The maximum absolute atomic E-state index is 12.1. The third kappa shape index (κ3) is 5.36. The van der Waals surface area contributed by atoms with Gasteiger partial charge < -0.3 is 5.32 Å². The van der Waals surface area contributed by atoms with E-state index in [2.05, 4.69) is 44.4 Å². The lowest BCUT2D eigenvalue weighted by Gasteiger charge is -2.05. The lowest BCUT2D eigenvalue weighted by molar-refractivity contribution is 0.251. The Labute approximate surface area is 162 Å². The van der Waals surface area contributed by atoms with Crippen molar-refractivity contribution < 1.29 is 4.79 Å². The third-order valence-corrected chi connectivity index (χ3v) is 4.73. The van der Waals surface area contributed by atoms with Gasteiger partial charge in [0.05, 0.1) is 17.9 Å². The average molecular weight is 377 g/mol. The molecular weight excluding hydrogens is 358 g/mol. The molecule has 0 aliphatic rings. The van der Waals surface area contributed by atoms with Crippen molar-refractivity contribution in [1.29, 1.82) is 0 Å². The second-order valence-electron chi connectivity index (χ2n) is 5.74. The fourth-order valence-corrected chi connectivity index (χ4v) is 3.03. The maximum atomic E-state index is 12.1. The molecule has 3 aromatic rings. The van der Waals surface area contributed by atoms with Crippen molar-refractivity contribution in [2.45, 2.75) is 26.8 Å². The Morgan fingerprint density at radius 3 is 2.70 bits per heavy atom. The Kier molecular flexibility index (Phi) is 6.13. The van der Waals surface area contributed by atoms with Gasteiger partial charge in [-0.05, 0) is 43.0 Å². The van der Waals surface area contributed by atoms with Gasteiger partial charge in [0.1, 0.15) is 4.88 Å². The van der Waals surface area contributed by atoms with Crippen LogP contribution in [0, 0.1) is 18.8 Å². The zero-order chi connectivity index (χ0) is 19.1. The molecule has 0 spiro atoms. The number of amides is 2. The topological polar surface area (TPSA) is 79.8 Å². The van der Waals surface area contributed by atoms with Crippen molar-refractivity contribution in [3.05, 3.63) is 70.2 Å². The summed E-state index contributed by atoms with van der Waals surface area (Å²) in [5.41, 5.74) is 3.64. The molecule has 3 rings (SSSR count). The molecule has 2 amide bonds. The number of anilines is 1. The Hall–Kier alpha value is -3.24. The van der Waals surface area contributed by atoms with E-state index in [1.807, 2.05) is 37.4 Å². The van der Waals surface area contributed by atoms with Crippen LogP contribution in [0.5, 0.6) is 0 Å². The van der Waals surface area contributed by atoms with Gasteiger partial charge in [-0.2, -0.15) is 0 Å². The summed E-state index contributed by atoms with van der Waals surface area (Å²) in [4.78, 5) is 25.5. The predicted molar refractivity (Wildman–Crippen MR) is 107 cm³/mol. The first kappa shape index (κ1) is 18.5. The molecule has 0 saturated heterocycles. The van der Waals surface area contributed by atoms with E-state index < -0.39 is 0 Å². The monoisotopic (exact) mass is 377 g/mol. The summed E-state index contributed by atoms with van der Waals surface area (Å²) in [6.45, 7) is 4.30. The van der Waals surface area contributed by atoms with Crippen LogP contribution in [0.3, 0.4) is 0 Å². The molecule has 2 N–H and O–H groups in total. The highest BCUT2D eigenvalue weighted by Crippen LogP contribution is 2.21. The molecule has 0 atom stereocenters. The van der Waals surface area contributed by atoms with E-state index in [-0.39, 0.29) is 6.03 Å². The van der Waals surface area contributed by atoms with Gasteiger partial charge in [0.25, 0.3) is 0 Å². The van der Waals surface area contributed by atoms with Gasteiger partial charge in [0.2, 0.25) is 0 Å². The smallest absolute Gasteiger partial charge is 0.321 e. The quantitative estimate of drug-likeness (QED) is 0.682. The summed E-state index contributed by atoms with van der Waals surface area (Å²) >= 11 is 1.35. The van der Waals surface area contributed by atoms with E-state index in [0.29, 0.717) is 11.7 Å². The molecule has 3 heterocycles. The number of nitrogens with zero attached hydrogens (tertiary/aromatic N) is 3. The summed E-state index contributed by atoms with van der Waals surface area (Å²) in [5, 5.41) is 6.04. The molecule has 0 radical (unpaired) electrons. The van der Waals surface area contributed by atoms with E-state index in [9.17, 15) is 4.79 Å². The minimum atomic E-state index is -0.321. The van der Waals surface area contributed by atoms with Crippen LogP contribution >= 0.6 is 11.3 Å². The molecule has 0 fully saturated rings. The van der Waals surface area contributed by atoms with Gasteiger partial charge in [-0.3, -0.25) is 15.3 Å². The lowest BCUT2D eigenvalue weighted by Crippen LogP contribution is -2.28. The number of nitrogens with one attached hydrogen (secondary N) is 2. The summed E-state index contributed by atoms with van der Waals surface area (Å²) in [7, 11) is 0. The molecule has 0 aromatic carbocycles. The number of carbonyl (C=O) groups is 1. The number of urea groups is 1. The summed E-state index contributed by atoms with van der Waals surface area (Å²) in [5.74, 6) is 6.16. The SMILES string of the molecule is CCc1ccc(CNC(=O)Nc2nc(C)c(C#Cc3ccncc3)s2)nc1. The van der Waals surface area contributed by atoms with Crippen LogP contribution in [0.15, 0.2) is 42.9 Å². The molecule has 0 saturated carbocycles. The standard InChI is InChI=1S/C20H19N5OS/c1-3-15-4-6-17(22-12-15)13-23-19(26)25-20-24-14(2)18(27-20)7-5-16-8-10-21-11-9-16/h4,6,8-12H,3,13H2,1-2H3,(H2,23,24,25,26). The van der Waals surface area contributed by atoms with Gasteiger partial charge in [-0.15, -0.1) is 0 Å². The fraction of sp³-hybridized carbons (Fsp3) is 0.200. The predicted octanol–water partition coefficient (Wildman–Crippen LogP) is 3.53. The van der Waals surface area contributed by atoms with Crippen LogP contribution in [0.2, 0.25) is 0 Å². The maximum Gasteiger partial charge on any atom is 0.321 e. The second-order valence-corrected chi connectivity index (χ2v) is 6.74. The highest BCUT2D eigenvalue weighted by atomic mass is 32.1. The largest absolute Gasteiger partial charge is 0.332 e. The second kappa shape index (κ2) is 8.92. The first-order chi connectivity index (χ1) is 13.1. The molecule has 27 heavy (non-hydrogen) atoms. The van der Waals surface area contributed by atoms with Crippen molar-refractivity contribution >= 4 is 22.5 Å². The Morgan fingerprint density at radius 1 is 1.19 bits per heavy atom. The Balaban J connectivity index is 1.57. The van der Waals surface area contributed by atoms with Gasteiger partial charge >= 0.3 is 6.03 Å². The van der Waals surface area contributed by atoms with E-state index in [0.717, 1.165) is 28.2 Å². The van der Waals surface area contributed by atoms with Crippen molar-refractivity contribution in [3.8, 4) is 11.8 Å². The zero-order valence-electron chi connectivity index (χ0n) is 15.1. The molecule has 7 heteroatoms. The molecule has 3 aromatic heterocycles. The number of aryl methyl sites for hydroxylation is 2. The first-order valence-corrected chi connectivity index (χ1v) is 9.34. The highest BCUT2D eigenvalue weighted by Gasteiger charge is 2.09. The lowest BCUT2D eigenvalue weighted by atomic mass is 10.2. The third-order valence-electron chi connectivity index (χ3n) is 3.74. The van der Waals surface area contributed by atoms with Crippen molar-refractivity contribution in [3.63, 3.8) is 0 Å². The van der Waals surface area contributed by atoms with Crippen molar-refractivity contribution in [2.75, 3.05) is 5.32 Å². The summed E-state index contributed by atoms with van der Waals surface area (Å²) < 4.78 is 0. The molecule has 0 unspecified atom stereocenters. The van der Waals surface area contributed by atoms with Crippen molar-refractivity contribution in [2.24, 2.45) is 0 Å². The number of rotatable bonds is 4. The van der Waals surface area contributed by atoms with Crippen LogP contribution in [0.25, 0.3) is 0 Å². The Bertz CT molecular complexity index is 971. The highest BCUT2D eigenvalue weighted by molar-refractivity contribution is 7.16. The fourth-order valence-electron chi connectivity index (χ4n) is 2.21. The van der Waals surface area contributed by atoms with Crippen LogP contribution < -0.4 is 10.6 Å². The number of hydrogen-bond acceptors (Lipinski definition) is 5. The molecular formula is C20H19N5OS. The molecule has 0 aliphatic carbocycles. The zero-order valence-corrected chi connectivity index (χ0v) is 15.9. The van der Waals surface area contributed by atoms with Crippen LogP contribution in [0.4, 0.5) is 9.93 Å². The molecule has 136 valence electrons. The van der Waals surface area contributed by atoms with Crippen LogP contribution in [-0.4, -0.2) is 21.0 Å². The number of pyridine rings is 2. The van der Waals surface area contributed by atoms with Crippen LogP contribution in [0.1, 0.15) is 34.3 Å². The summed E-state index contributed by atoms with van der Waals surface area (Å²) in [6, 6.07) is 7.30. The number of thiazole rings is 1. The van der Waals surface area contributed by atoms with Crippen LogP contribution in [-0.2, 0) is 13.0 Å². The molecule has 0 bridgehead atoms. The number of aromatic nitrogens is 3. The van der Waals surface area contributed by atoms with E-state index in [1.165, 1.54) is 16.9 Å². The minimum absolute atomic E-state index is 0.321. The van der Waals surface area contributed by atoms with E-state index >= 15 is 0 Å². The van der Waals surface area contributed by atoms with Gasteiger partial charge in [-0.25, -0.2) is 9.78 Å². The normalized spacial score (nSPS) is 10.0. The number of hydrogen-bond donors (Lipinski definition) is 2. The first-order valence-electron chi connectivity index (χ1n) is 8.52. The molecule has 0 aliphatic heterocycles. The number of carbonyl (C=O) groups excluding carboxylic acids is 1. The Morgan fingerprint density at radius 2 is 2.00 bits per heavy atom. The van der Waals surface area contributed by atoms with E-state index in [4.69, 9.17) is 0 Å². The van der Waals surface area contributed by atoms with Gasteiger partial charge in [0, 0.05) is 24.2 Å². The average Bonchev–Trinajstić information content (AvgIpc) is 3.05. The van der Waals surface area contributed by atoms with E-state index in [1.54, 1.807) is 12.4 Å². The minimum Gasteiger partial charge on any atom is -0.332 e. The van der Waals surface area contributed by atoms with Crippen molar-refractivity contribution in [1.82, 2.24) is 20.3 Å².